The average Bonchev–Trinajstić information content (AvgIpc) is 3.11. The Kier molecular flexibility index (Phi) is 6.80. The number of halogens is 1. The maximum absolute atomic E-state index is 11.5. The largest absolute Gasteiger partial charge is 0.466 e. The lowest BCUT2D eigenvalue weighted by Crippen LogP contribution is -2.18. The number of methoxy groups -OCH3 is 1. The van der Waals surface area contributed by atoms with Gasteiger partial charge in [0, 0.05) is 30.1 Å². The Morgan fingerprint density at radius 2 is 2.23 bits per heavy atom. The van der Waals surface area contributed by atoms with Crippen LogP contribution >= 0.6 is 11.6 Å². The van der Waals surface area contributed by atoms with Gasteiger partial charge >= 0.3 is 5.97 Å². The molecule has 1 unspecified atom stereocenters. The number of primary amides is 1. The minimum absolute atomic E-state index is 0.456. The number of ether oxygens (including phenoxy) is 1. The standard InChI is InChI=1S/C18H21ClN4O3/c1-3-23-11-21-9-13(23)10-22-15-8-12(5-7-16(24)26-2)4-6-14(15)17(19)18(20)25/h4-9,11,17,22H,3,10H2,1-2H3,(H2,20,25)/b7-5+. The van der Waals surface area contributed by atoms with Gasteiger partial charge in [-0.05, 0) is 24.6 Å². The quantitative estimate of drug-likeness (QED) is 0.419. The molecule has 0 bridgehead atoms. The van der Waals surface area contributed by atoms with E-state index in [-0.39, 0.29) is 0 Å². The van der Waals surface area contributed by atoms with Crippen molar-refractivity contribution in [2.75, 3.05) is 12.4 Å². The van der Waals surface area contributed by atoms with E-state index in [0.29, 0.717) is 17.8 Å². The van der Waals surface area contributed by atoms with Crippen molar-refractivity contribution in [3.8, 4) is 0 Å². The molecule has 0 fully saturated rings. The predicted molar refractivity (Wildman–Crippen MR) is 101 cm³/mol. The number of imidazole rings is 1. The Labute approximate surface area is 156 Å². The fourth-order valence-corrected chi connectivity index (χ4v) is 2.59. The number of aryl methyl sites for hydroxylation is 1. The zero-order chi connectivity index (χ0) is 19.1. The molecule has 0 spiro atoms. The number of rotatable bonds is 8. The number of hydrogen-bond acceptors (Lipinski definition) is 5. The van der Waals surface area contributed by atoms with Crippen molar-refractivity contribution in [2.45, 2.75) is 25.4 Å². The second-order valence-electron chi connectivity index (χ2n) is 5.49. The van der Waals surface area contributed by atoms with Gasteiger partial charge in [0.05, 0.1) is 25.7 Å². The van der Waals surface area contributed by atoms with Gasteiger partial charge < -0.3 is 20.4 Å². The Bertz CT molecular complexity index is 817. The van der Waals surface area contributed by atoms with Crippen molar-refractivity contribution in [3.63, 3.8) is 0 Å². The molecule has 3 N–H and O–H groups in total. The van der Waals surface area contributed by atoms with Crippen molar-refractivity contribution >= 4 is 35.2 Å². The number of nitrogens with one attached hydrogen (secondary N) is 1. The van der Waals surface area contributed by atoms with Crippen molar-refractivity contribution in [3.05, 3.63) is 53.6 Å². The molecular formula is C18H21ClN4O3. The summed E-state index contributed by atoms with van der Waals surface area (Å²) in [4.78, 5) is 26.9. The van der Waals surface area contributed by atoms with Crippen LogP contribution in [0.4, 0.5) is 5.69 Å². The molecule has 8 heteroatoms. The van der Waals surface area contributed by atoms with Crippen LogP contribution in [0.1, 0.15) is 29.1 Å². The summed E-state index contributed by atoms with van der Waals surface area (Å²) in [5.41, 5.74) is 8.29. The Morgan fingerprint density at radius 3 is 2.88 bits per heavy atom. The van der Waals surface area contributed by atoms with E-state index in [1.807, 2.05) is 11.5 Å². The Morgan fingerprint density at radius 1 is 1.46 bits per heavy atom. The summed E-state index contributed by atoms with van der Waals surface area (Å²) in [6.07, 6.45) is 6.45. The minimum atomic E-state index is -0.966. The molecule has 0 saturated heterocycles. The number of hydrogen-bond donors (Lipinski definition) is 2. The molecule has 7 nitrogen and oxygen atoms in total. The highest BCUT2D eigenvalue weighted by molar-refractivity contribution is 6.31. The van der Waals surface area contributed by atoms with Gasteiger partial charge in [0.15, 0.2) is 0 Å². The number of carbonyl (C=O) groups excluding carboxylic acids is 2. The van der Waals surface area contributed by atoms with E-state index in [1.54, 1.807) is 36.8 Å². The summed E-state index contributed by atoms with van der Waals surface area (Å²) in [7, 11) is 1.31. The van der Waals surface area contributed by atoms with Gasteiger partial charge in [0.1, 0.15) is 5.38 Å². The molecule has 1 amide bonds. The van der Waals surface area contributed by atoms with Gasteiger partial charge in [-0.25, -0.2) is 9.78 Å². The van der Waals surface area contributed by atoms with Crippen molar-refractivity contribution in [2.24, 2.45) is 5.73 Å². The molecule has 26 heavy (non-hydrogen) atoms. The molecule has 0 saturated carbocycles. The van der Waals surface area contributed by atoms with Crippen molar-refractivity contribution in [1.82, 2.24) is 9.55 Å². The van der Waals surface area contributed by atoms with Crippen LogP contribution in [-0.2, 0) is 27.4 Å². The lowest BCUT2D eigenvalue weighted by Gasteiger charge is -2.16. The predicted octanol–water partition coefficient (Wildman–Crippen LogP) is 2.47. The summed E-state index contributed by atoms with van der Waals surface area (Å²) in [5, 5.41) is 2.30. The van der Waals surface area contributed by atoms with Crippen LogP contribution in [0.25, 0.3) is 6.08 Å². The number of amides is 1. The zero-order valence-electron chi connectivity index (χ0n) is 14.6. The van der Waals surface area contributed by atoms with Crippen LogP contribution in [0.15, 0.2) is 36.8 Å². The van der Waals surface area contributed by atoms with Crippen LogP contribution in [0, 0.1) is 0 Å². The second-order valence-corrected chi connectivity index (χ2v) is 5.93. The normalized spacial score (nSPS) is 12.1. The van der Waals surface area contributed by atoms with E-state index in [0.717, 1.165) is 17.8 Å². The molecule has 2 aromatic rings. The molecule has 0 aliphatic carbocycles. The molecule has 1 heterocycles. The van der Waals surface area contributed by atoms with Crippen LogP contribution < -0.4 is 11.1 Å². The third-order valence-electron chi connectivity index (χ3n) is 3.81. The molecule has 138 valence electrons. The molecule has 2 rings (SSSR count). The highest BCUT2D eigenvalue weighted by Gasteiger charge is 2.18. The molecule has 1 atom stereocenters. The van der Waals surface area contributed by atoms with E-state index >= 15 is 0 Å². The number of esters is 1. The number of nitrogens with two attached hydrogens (primary N) is 1. The molecule has 1 aromatic carbocycles. The smallest absolute Gasteiger partial charge is 0.330 e. The van der Waals surface area contributed by atoms with Gasteiger partial charge in [0.2, 0.25) is 5.91 Å². The fourth-order valence-electron chi connectivity index (χ4n) is 2.40. The summed E-state index contributed by atoms with van der Waals surface area (Å²) in [6.45, 7) is 3.31. The lowest BCUT2D eigenvalue weighted by molar-refractivity contribution is -0.134. The first-order valence-electron chi connectivity index (χ1n) is 8.02. The number of anilines is 1. The van der Waals surface area contributed by atoms with Crippen LogP contribution in [0.2, 0.25) is 0 Å². The first-order chi connectivity index (χ1) is 12.5. The van der Waals surface area contributed by atoms with Crippen LogP contribution in [-0.4, -0.2) is 28.5 Å². The molecule has 0 aliphatic heterocycles. The third-order valence-corrected chi connectivity index (χ3v) is 4.26. The topological polar surface area (TPSA) is 99.2 Å². The number of nitrogens with zero attached hydrogens (tertiary/aromatic N) is 2. The molecule has 0 aliphatic rings. The highest BCUT2D eigenvalue weighted by atomic mass is 35.5. The van der Waals surface area contributed by atoms with E-state index in [9.17, 15) is 9.59 Å². The van der Waals surface area contributed by atoms with E-state index in [1.165, 1.54) is 13.2 Å². The van der Waals surface area contributed by atoms with E-state index in [4.69, 9.17) is 17.3 Å². The Hall–Kier alpha value is -2.80. The van der Waals surface area contributed by atoms with Gasteiger partial charge in [-0.1, -0.05) is 12.1 Å². The third kappa shape index (κ3) is 4.86. The number of alkyl halides is 1. The summed E-state index contributed by atoms with van der Waals surface area (Å²) in [6, 6.07) is 5.24. The zero-order valence-corrected chi connectivity index (χ0v) is 15.4. The van der Waals surface area contributed by atoms with Gasteiger partial charge in [-0.3, -0.25) is 4.79 Å². The Balaban J connectivity index is 2.30. The number of aromatic nitrogens is 2. The van der Waals surface area contributed by atoms with E-state index < -0.39 is 17.3 Å². The van der Waals surface area contributed by atoms with Gasteiger partial charge in [-0.15, -0.1) is 11.6 Å². The monoisotopic (exact) mass is 376 g/mol. The SMILES string of the molecule is CCn1cncc1CNc1cc(/C=C/C(=O)OC)ccc1C(Cl)C(N)=O. The second kappa shape index (κ2) is 9.05. The summed E-state index contributed by atoms with van der Waals surface area (Å²) in [5.74, 6) is -1.09. The maximum atomic E-state index is 11.5. The van der Waals surface area contributed by atoms with Crippen LogP contribution in [0.3, 0.4) is 0 Å². The minimum Gasteiger partial charge on any atom is -0.466 e. The number of carbonyl (C=O) groups is 2. The van der Waals surface area contributed by atoms with Crippen LogP contribution in [0.5, 0.6) is 0 Å². The molecule has 1 aromatic heterocycles. The highest BCUT2D eigenvalue weighted by Crippen LogP contribution is 2.29. The van der Waals surface area contributed by atoms with Crippen molar-refractivity contribution < 1.29 is 14.3 Å². The average molecular weight is 377 g/mol. The first kappa shape index (κ1) is 19.5. The molecule has 0 radical (unpaired) electrons. The maximum Gasteiger partial charge on any atom is 0.330 e. The summed E-state index contributed by atoms with van der Waals surface area (Å²) >= 11 is 6.14. The van der Waals surface area contributed by atoms with Gasteiger partial charge in [-0.2, -0.15) is 0 Å². The van der Waals surface area contributed by atoms with Crippen molar-refractivity contribution in [1.29, 1.82) is 0 Å². The molecular weight excluding hydrogens is 356 g/mol. The fraction of sp³-hybridized carbons (Fsp3) is 0.278. The lowest BCUT2D eigenvalue weighted by atomic mass is 10.0. The van der Waals surface area contributed by atoms with E-state index in [2.05, 4.69) is 15.0 Å². The number of benzene rings is 1. The first-order valence-corrected chi connectivity index (χ1v) is 8.46. The van der Waals surface area contributed by atoms with Gasteiger partial charge in [0.25, 0.3) is 0 Å². The summed E-state index contributed by atoms with van der Waals surface area (Å²) < 4.78 is 6.58.